The van der Waals surface area contributed by atoms with Crippen LogP contribution >= 0.6 is 0 Å². The van der Waals surface area contributed by atoms with Crippen LogP contribution in [0.5, 0.6) is 0 Å². The van der Waals surface area contributed by atoms with Gasteiger partial charge in [0.15, 0.2) is 10.7 Å². The molecule has 0 atom stereocenters. The molecule has 2 aromatic heterocycles. The summed E-state index contributed by atoms with van der Waals surface area (Å²) in [5, 5.41) is 6.90. The summed E-state index contributed by atoms with van der Waals surface area (Å²) < 4.78 is 32.4. The van der Waals surface area contributed by atoms with Crippen LogP contribution < -0.4 is 10.0 Å². The summed E-state index contributed by atoms with van der Waals surface area (Å²) in [5.74, 6) is 0.910. The second-order valence-electron chi connectivity index (χ2n) is 5.97. The first-order valence-corrected chi connectivity index (χ1v) is 9.55. The van der Waals surface area contributed by atoms with E-state index in [1.54, 1.807) is 26.0 Å². The minimum Gasteiger partial charge on any atom is -0.366 e. The third-order valence-electron chi connectivity index (χ3n) is 3.97. The second kappa shape index (κ2) is 7.17. The maximum absolute atomic E-state index is 12.5. The summed E-state index contributed by atoms with van der Waals surface area (Å²) in [5.41, 5.74) is 3.06. The Morgan fingerprint density at radius 1 is 1.08 bits per heavy atom. The number of anilines is 2. The van der Waals surface area contributed by atoms with E-state index in [0.717, 1.165) is 0 Å². The highest BCUT2D eigenvalue weighted by molar-refractivity contribution is 7.92. The number of rotatable bonds is 6. The number of hydrogen-bond acceptors (Lipinski definition) is 6. The molecule has 0 aliphatic carbocycles. The van der Waals surface area contributed by atoms with Gasteiger partial charge in [0.05, 0.1) is 11.9 Å². The molecule has 26 heavy (non-hydrogen) atoms. The molecule has 0 saturated heterocycles. The minimum absolute atomic E-state index is 0.0549. The zero-order valence-corrected chi connectivity index (χ0v) is 15.6. The molecule has 0 aliphatic heterocycles. The van der Waals surface area contributed by atoms with Crippen molar-refractivity contribution < 1.29 is 12.9 Å². The Hall–Kier alpha value is -2.87. The fourth-order valence-corrected chi connectivity index (χ4v) is 3.99. The largest absolute Gasteiger partial charge is 0.366 e. The van der Waals surface area contributed by atoms with Gasteiger partial charge in [0.25, 0.3) is 10.0 Å². The molecule has 0 spiro atoms. The van der Waals surface area contributed by atoms with Crippen LogP contribution in [0.25, 0.3) is 0 Å². The first-order chi connectivity index (χ1) is 12.4. The lowest BCUT2D eigenvalue weighted by Crippen LogP contribution is -2.14. The maximum atomic E-state index is 12.5. The SMILES string of the molecule is Cc1ccccc1CNc1ccc(NS(=O)(=O)c2c(C)noc2C)cn1. The molecular weight excluding hydrogens is 352 g/mol. The zero-order valence-electron chi connectivity index (χ0n) is 14.8. The van der Waals surface area contributed by atoms with Gasteiger partial charge < -0.3 is 9.84 Å². The van der Waals surface area contributed by atoms with Gasteiger partial charge in [0.1, 0.15) is 11.5 Å². The summed E-state index contributed by atoms with van der Waals surface area (Å²) in [4.78, 5) is 4.31. The molecule has 7 nitrogen and oxygen atoms in total. The van der Waals surface area contributed by atoms with Crippen molar-refractivity contribution in [1.82, 2.24) is 10.1 Å². The molecule has 0 amide bonds. The van der Waals surface area contributed by atoms with Crippen molar-refractivity contribution in [3.8, 4) is 0 Å². The van der Waals surface area contributed by atoms with E-state index in [4.69, 9.17) is 4.52 Å². The van der Waals surface area contributed by atoms with Gasteiger partial charge >= 0.3 is 0 Å². The molecule has 8 heteroatoms. The molecule has 0 radical (unpaired) electrons. The van der Waals surface area contributed by atoms with Crippen LogP contribution in [0.2, 0.25) is 0 Å². The molecule has 136 valence electrons. The van der Waals surface area contributed by atoms with E-state index in [0.29, 0.717) is 23.7 Å². The average molecular weight is 372 g/mol. The van der Waals surface area contributed by atoms with E-state index in [-0.39, 0.29) is 10.7 Å². The quantitative estimate of drug-likeness (QED) is 0.688. The van der Waals surface area contributed by atoms with E-state index in [1.807, 2.05) is 12.1 Å². The Morgan fingerprint density at radius 2 is 1.85 bits per heavy atom. The summed E-state index contributed by atoms with van der Waals surface area (Å²) in [6.07, 6.45) is 1.47. The third kappa shape index (κ3) is 3.85. The van der Waals surface area contributed by atoms with Crippen molar-refractivity contribution in [2.24, 2.45) is 0 Å². The van der Waals surface area contributed by atoms with Gasteiger partial charge in [-0.25, -0.2) is 13.4 Å². The Bertz CT molecular complexity index is 992. The normalized spacial score (nSPS) is 11.3. The van der Waals surface area contributed by atoms with Gasteiger partial charge in [0.2, 0.25) is 0 Å². The molecule has 0 unspecified atom stereocenters. The first-order valence-electron chi connectivity index (χ1n) is 8.07. The van der Waals surface area contributed by atoms with Crippen LogP contribution in [0.3, 0.4) is 0 Å². The van der Waals surface area contributed by atoms with Crippen LogP contribution in [-0.2, 0) is 16.6 Å². The fourth-order valence-electron chi connectivity index (χ4n) is 2.62. The molecule has 0 aliphatic rings. The van der Waals surface area contributed by atoms with Gasteiger partial charge in [0, 0.05) is 6.54 Å². The average Bonchev–Trinajstić information content (AvgIpc) is 2.94. The fraction of sp³-hybridized carbons (Fsp3) is 0.222. The third-order valence-corrected chi connectivity index (χ3v) is 5.60. The summed E-state index contributed by atoms with van der Waals surface area (Å²) in [6, 6.07) is 11.5. The van der Waals surface area contributed by atoms with Gasteiger partial charge in [-0.1, -0.05) is 29.4 Å². The Balaban J connectivity index is 1.69. The summed E-state index contributed by atoms with van der Waals surface area (Å²) in [7, 11) is -3.77. The molecule has 3 aromatic rings. The topological polar surface area (TPSA) is 97.1 Å². The van der Waals surface area contributed by atoms with E-state index in [9.17, 15) is 8.42 Å². The smallest absolute Gasteiger partial charge is 0.267 e. The Labute approximate surface area is 152 Å². The number of nitrogens with zero attached hydrogens (tertiary/aromatic N) is 2. The van der Waals surface area contributed by atoms with E-state index in [1.165, 1.54) is 17.3 Å². The number of hydrogen-bond donors (Lipinski definition) is 2. The van der Waals surface area contributed by atoms with Crippen molar-refractivity contribution in [3.05, 3.63) is 65.2 Å². The lowest BCUT2D eigenvalue weighted by atomic mass is 10.1. The standard InChI is InChI=1S/C18H20N4O3S/c1-12-6-4-5-7-15(12)10-19-17-9-8-16(11-20-17)22-26(23,24)18-13(2)21-25-14(18)3/h4-9,11,22H,10H2,1-3H3,(H,19,20). The van der Waals surface area contributed by atoms with Crippen molar-refractivity contribution in [3.63, 3.8) is 0 Å². The van der Waals surface area contributed by atoms with Crippen LogP contribution in [0, 0.1) is 20.8 Å². The number of aryl methyl sites for hydroxylation is 3. The molecule has 1 aromatic carbocycles. The Kier molecular flexibility index (Phi) is 4.94. The maximum Gasteiger partial charge on any atom is 0.267 e. The molecule has 0 saturated carbocycles. The molecular formula is C18H20N4O3S. The monoisotopic (exact) mass is 372 g/mol. The van der Waals surface area contributed by atoms with Gasteiger partial charge in [-0.05, 0) is 44.0 Å². The van der Waals surface area contributed by atoms with Crippen LogP contribution in [0.1, 0.15) is 22.6 Å². The highest BCUT2D eigenvalue weighted by atomic mass is 32.2. The zero-order chi connectivity index (χ0) is 18.7. The van der Waals surface area contributed by atoms with Crippen molar-refractivity contribution in [2.45, 2.75) is 32.2 Å². The van der Waals surface area contributed by atoms with Gasteiger partial charge in [-0.2, -0.15) is 0 Å². The van der Waals surface area contributed by atoms with Crippen LogP contribution in [-0.4, -0.2) is 18.6 Å². The van der Waals surface area contributed by atoms with E-state index in [2.05, 4.69) is 39.2 Å². The minimum atomic E-state index is -3.77. The number of aromatic nitrogens is 2. The number of pyridine rings is 1. The summed E-state index contributed by atoms with van der Waals surface area (Å²) in [6.45, 7) is 5.84. The Morgan fingerprint density at radius 3 is 2.46 bits per heavy atom. The van der Waals surface area contributed by atoms with E-state index >= 15 is 0 Å². The predicted molar refractivity (Wildman–Crippen MR) is 99.5 cm³/mol. The van der Waals surface area contributed by atoms with Gasteiger partial charge in [-0.3, -0.25) is 4.72 Å². The second-order valence-corrected chi connectivity index (χ2v) is 7.59. The highest BCUT2D eigenvalue weighted by Crippen LogP contribution is 2.22. The van der Waals surface area contributed by atoms with Crippen molar-refractivity contribution in [2.75, 3.05) is 10.0 Å². The lowest BCUT2D eigenvalue weighted by molar-refractivity contribution is 0.390. The molecule has 0 fully saturated rings. The lowest BCUT2D eigenvalue weighted by Gasteiger charge is -2.10. The van der Waals surface area contributed by atoms with Gasteiger partial charge in [-0.15, -0.1) is 0 Å². The molecule has 3 rings (SSSR count). The summed E-state index contributed by atoms with van der Waals surface area (Å²) >= 11 is 0. The number of benzene rings is 1. The van der Waals surface area contributed by atoms with Crippen molar-refractivity contribution >= 4 is 21.5 Å². The van der Waals surface area contributed by atoms with E-state index < -0.39 is 10.0 Å². The number of sulfonamides is 1. The van der Waals surface area contributed by atoms with Crippen LogP contribution in [0.15, 0.2) is 52.0 Å². The molecule has 0 bridgehead atoms. The van der Waals surface area contributed by atoms with Crippen LogP contribution in [0.4, 0.5) is 11.5 Å². The molecule has 2 N–H and O–H groups in total. The predicted octanol–water partition coefficient (Wildman–Crippen LogP) is 3.41. The first kappa shape index (κ1) is 17.9. The number of nitrogens with one attached hydrogen (secondary N) is 2. The highest BCUT2D eigenvalue weighted by Gasteiger charge is 2.24. The van der Waals surface area contributed by atoms with Crippen molar-refractivity contribution in [1.29, 1.82) is 0 Å². The molecule has 2 heterocycles.